The van der Waals surface area contributed by atoms with Crippen LogP contribution in [0.25, 0.3) is 16.7 Å². The summed E-state index contributed by atoms with van der Waals surface area (Å²) in [7, 11) is 7.03. The molecular formula is C23H23BrN6O4. The third-order valence-electron chi connectivity index (χ3n) is 5.70. The zero-order valence-corrected chi connectivity index (χ0v) is 20.8. The molecule has 2 heterocycles. The molecule has 10 nitrogen and oxygen atoms in total. The number of benzene rings is 2. The van der Waals surface area contributed by atoms with E-state index < -0.39 is 17.1 Å². The summed E-state index contributed by atoms with van der Waals surface area (Å²) in [6.07, 6.45) is 1.21. The zero-order chi connectivity index (χ0) is 24.9. The van der Waals surface area contributed by atoms with Crippen LogP contribution in [0.1, 0.15) is 11.1 Å². The van der Waals surface area contributed by atoms with Crippen molar-refractivity contribution in [3.63, 3.8) is 0 Å². The van der Waals surface area contributed by atoms with E-state index in [1.165, 1.54) is 10.8 Å². The van der Waals surface area contributed by atoms with Gasteiger partial charge in [-0.3, -0.25) is 23.9 Å². The van der Waals surface area contributed by atoms with Crippen molar-refractivity contribution in [1.82, 2.24) is 18.7 Å². The van der Waals surface area contributed by atoms with Crippen LogP contribution in [0.2, 0.25) is 0 Å². The number of nitrogens with zero attached hydrogens (tertiary/aromatic N) is 5. The van der Waals surface area contributed by atoms with Gasteiger partial charge in [0.2, 0.25) is 5.88 Å². The largest absolute Gasteiger partial charge is 0.493 e. The number of hydrogen-bond acceptors (Lipinski definition) is 6. The van der Waals surface area contributed by atoms with Crippen LogP contribution in [-0.2, 0) is 14.1 Å². The number of halogens is 1. The Labute approximate surface area is 202 Å². The monoisotopic (exact) mass is 526 g/mol. The van der Waals surface area contributed by atoms with Gasteiger partial charge >= 0.3 is 11.4 Å². The van der Waals surface area contributed by atoms with Crippen LogP contribution in [0, 0.1) is 6.92 Å². The number of aromatic nitrogens is 4. The van der Waals surface area contributed by atoms with Crippen molar-refractivity contribution in [2.45, 2.75) is 6.92 Å². The lowest BCUT2D eigenvalue weighted by atomic mass is 10.2. The molecule has 4 aromatic rings. The molecule has 0 aliphatic carbocycles. The van der Waals surface area contributed by atoms with Crippen molar-refractivity contribution in [1.29, 1.82) is 0 Å². The molecule has 11 heteroatoms. The second kappa shape index (κ2) is 8.49. The van der Waals surface area contributed by atoms with Crippen LogP contribution >= 0.6 is 15.9 Å². The van der Waals surface area contributed by atoms with E-state index in [1.807, 2.05) is 32.0 Å². The highest BCUT2D eigenvalue weighted by atomic mass is 79.9. The van der Waals surface area contributed by atoms with Gasteiger partial charge in [-0.25, -0.2) is 14.2 Å². The molecule has 0 atom stereocenters. The van der Waals surface area contributed by atoms with Crippen LogP contribution in [0.5, 0.6) is 5.88 Å². The summed E-state index contributed by atoms with van der Waals surface area (Å²) >= 11 is 3.41. The fourth-order valence-corrected chi connectivity index (χ4v) is 4.03. The number of anilines is 1. The molecule has 0 saturated heterocycles. The maximum absolute atomic E-state index is 12.5. The second-order valence-electron chi connectivity index (χ2n) is 8.15. The fraction of sp³-hybridized carbons (Fsp3) is 0.217. The molecule has 0 aliphatic heterocycles. The first kappa shape index (κ1) is 23.3. The number of H-pyrrole nitrogens is 1. The van der Waals surface area contributed by atoms with Crippen molar-refractivity contribution in [2.24, 2.45) is 19.1 Å². The zero-order valence-electron chi connectivity index (χ0n) is 19.3. The molecule has 0 saturated carbocycles. The van der Waals surface area contributed by atoms with Gasteiger partial charge in [0.25, 0.3) is 5.56 Å². The van der Waals surface area contributed by atoms with Gasteiger partial charge in [-0.15, -0.1) is 0 Å². The Morgan fingerprint density at radius 1 is 1.06 bits per heavy atom. The molecule has 2 aromatic carbocycles. The molecule has 2 N–H and O–H groups in total. The number of rotatable bonds is 4. The Kier molecular flexibility index (Phi) is 5.82. The summed E-state index contributed by atoms with van der Waals surface area (Å²) < 4.78 is 4.91. The van der Waals surface area contributed by atoms with Gasteiger partial charge < -0.3 is 10.0 Å². The number of aryl methyl sites for hydroxylation is 3. The molecule has 0 fully saturated rings. The molecule has 34 heavy (non-hydrogen) atoms. The maximum atomic E-state index is 12.5. The van der Waals surface area contributed by atoms with Crippen molar-refractivity contribution >= 4 is 44.6 Å². The van der Waals surface area contributed by atoms with Gasteiger partial charge in [0.05, 0.1) is 28.1 Å². The Morgan fingerprint density at radius 2 is 1.71 bits per heavy atom. The Morgan fingerprint density at radius 3 is 2.32 bits per heavy atom. The standard InChI is InChI=1S/C23H23BrN6O4/c1-12-8-13(6-7-15(12)24)30-21(32)14(20(31)26-22(30)33)11-25-16-9-18-19(10-17(16)27(2)3)29(5)23(34)28(18)4/h6-11,32H,1-5H3,(H,26,31,33). The lowest BCUT2D eigenvalue weighted by Crippen LogP contribution is -2.31. The lowest BCUT2D eigenvalue weighted by molar-refractivity contribution is 0.430. The van der Waals surface area contributed by atoms with Gasteiger partial charge in [0.1, 0.15) is 5.56 Å². The maximum Gasteiger partial charge on any atom is 0.335 e. The predicted octanol–water partition coefficient (Wildman–Crippen LogP) is 2.31. The van der Waals surface area contributed by atoms with E-state index in [-0.39, 0.29) is 11.3 Å². The number of aromatic hydroxyl groups is 1. The number of hydrogen-bond donors (Lipinski definition) is 2. The molecule has 0 amide bonds. The molecule has 4 rings (SSSR count). The Balaban J connectivity index is 1.91. The minimum Gasteiger partial charge on any atom is -0.493 e. The van der Waals surface area contributed by atoms with Crippen LogP contribution < -0.4 is 21.8 Å². The first-order chi connectivity index (χ1) is 16.0. The lowest BCUT2D eigenvalue weighted by Gasteiger charge is -2.16. The van der Waals surface area contributed by atoms with E-state index >= 15 is 0 Å². The van der Waals surface area contributed by atoms with E-state index in [0.29, 0.717) is 22.6 Å². The van der Waals surface area contributed by atoms with E-state index in [2.05, 4.69) is 25.9 Å². The summed E-state index contributed by atoms with van der Waals surface area (Å²) in [4.78, 5) is 45.9. The highest BCUT2D eigenvalue weighted by Crippen LogP contribution is 2.32. The van der Waals surface area contributed by atoms with E-state index in [1.54, 1.807) is 42.9 Å². The Hall–Kier alpha value is -3.86. The van der Waals surface area contributed by atoms with Crippen LogP contribution in [-0.4, -0.2) is 44.1 Å². The smallest absolute Gasteiger partial charge is 0.335 e. The number of aliphatic imine (C=N–C) groups is 1. The van der Waals surface area contributed by atoms with Gasteiger partial charge in [0, 0.05) is 38.9 Å². The summed E-state index contributed by atoms with van der Waals surface area (Å²) in [5, 5.41) is 10.9. The average molecular weight is 527 g/mol. The molecule has 0 spiro atoms. The predicted molar refractivity (Wildman–Crippen MR) is 137 cm³/mol. The summed E-state index contributed by atoms with van der Waals surface area (Å²) in [5.74, 6) is -0.529. The quantitative estimate of drug-likeness (QED) is 0.395. The number of imidazole rings is 1. The fourth-order valence-electron chi connectivity index (χ4n) is 3.78. The van der Waals surface area contributed by atoms with Gasteiger partial charge in [0.15, 0.2) is 0 Å². The van der Waals surface area contributed by atoms with Crippen LogP contribution in [0.4, 0.5) is 11.4 Å². The number of aromatic amines is 1. The minimum absolute atomic E-state index is 0.174. The van der Waals surface area contributed by atoms with Crippen LogP contribution in [0.15, 0.2) is 54.2 Å². The van der Waals surface area contributed by atoms with E-state index in [0.717, 1.165) is 20.1 Å². The molecule has 176 valence electrons. The average Bonchev–Trinajstić information content (AvgIpc) is 2.98. The Bertz CT molecular complexity index is 1660. The van der Waals surface area contributed by atoms with Crippen molar-refractivity contribution in [3.05, 3.63) is 77.3 Å². The summed E-state index contributed by atoms with van der Waals surface area (Å²) in [5.41, 5.74) is 1.94. The highest BCUT2D eigenvalue weighted by molar-refractivity contribution is 9.10. The second-order valence-corrected chi connectivity index (χ2v) is 9.00. The highest BCUT2D eigenvalue weighted by Gasteiger charge is 2.17. The van der Waals surface area contributed by atoms with Gasteiger partial charge in [-0.05, 0) is 42.8 Å². The molecule has 0 bridgehead atoms. The first-order valence-electron chi connectivity index (χ1n) is 10.3. The molecular weight excluding hydrogens is 504 g/mol. The summed E-state index contributed by atoms with van der Waals surface area (Å²) in [6.45, 7) is 1.85. The van der Waals surface area contributed by atoms with Crippen LogP contribution in [0.3, 0.4) is 0 Å². The first-order valence-corrected chi connectivity index (χ1v) is 11.1. The van der Waals surface area contributed by atoms with Crippen molar-refractivity contribution in [2.75, 3.05) is 19.0 Å². The molecule has 0 radical (unpaired) electrons. The summed E-state index contributed by atoms with van der Waals surface area (Å²) in [6, 6.07) is 8.67. The molecule has 2 aromatic heterocycles. The number of fused-ring (bicyclic) bond motifs is 1. The van der Waals surface area contributed by atoms with Gasteiger partial charge in [-0.2, -0.15) is 0 Å². The normalized spacial score (nSPS) is 11.6. The SMILES string of the molecule is Cc1cc(-n2c(O)c(C=Nc3cc4c(cc3N(C)C)n(C)c(=O)n4C)c(=O)[nH]c2=O)ccc1Br. The molecule has 0 aliphatic rings. The molecule has 0 unspecified atom stereocenters. The number of nitrogens with one attached hydrogen (secondary N) is 1. The topological polar surface area (TPSA) is 118 Å². The van der Waals surface area contributed by atoms with E-state index in [9.17, 15) is 19.5 Å². The third-order valence-corrected chi connectivity index (χ3v) is 6.59. The van der Waals surface area contributed by atoms with Crippen molar-refractivity contribution in [3.8, 4) is 11.6 Å². The third kappa shape index (κ3) is 3.77. The van der Waals surface area contributed by atoms with Gasteiger partial charge in [-0.1, -0.05) is 15.9 Å². The van der Waals surface area contributed by atoms with E-state index in [4.69, 9.17) is 0 Å². The minimum atomic E-state index is -0.768. The van der Waals surface area contributed by atoms with Crippen molar-refractivity contribution < 1.29 is 5.11 Å².